The quantitative estimate of drug-likeness (QED) is 0.548. The molecule has 1 aromatic carbocycles. The Bertz CT molecular complexity index is 1150. The largest absolute Gasteiger partial charge is 0.459 e. The Labute approximate surface area is 168 Å². The third-order valence-corrected chi connectivity index (χ3v) is 4.18. The second-order valence-corrected chi connectivity index (χ2v) is 6.49. The molecule has 0 spiro atoms. The van der Waals surface area contributed by atoms with E-state index in [4.69, 9.17) is 4.74 Å². The van der Waals surface area contributed by atoms with Crippen molar-refractivity contribution in [3.8, 4) is 11.5 Å². The molecule has 3 heterocycles. The highest BCUT2D eigenvalue weighted by molar-refractivity contribution is 5.90. The van der Waals surface area contributed by atoms with E-state index < -0.39 is 59.3 Å². The van der Waals surface area contributed by atoms with Gasteiger partial charge in [0.25, 0.3) is 6.02 Å². The molecular formula is C18H11F7N4O2. The van der Waals surface area contributed by atoms with Gasteiger partial charge in [0, 0.05) is 30.2 Å². The van der Waals surface area contributed by atoms with Crippen molar-refractivity contribution in [3.63, 3.8) is 0 Å². The summed E-state index contributed by atoms with van der Waals surface area (Å²) in [7, 11) is 0. The second-order valence-electron chi connectivity index (χ2n) is 6.49. The van der Waals surface area contributed by atoms with Gasteiger partial charge in [0.1, 0.15) is 17.9 Å². The zero-order valence-electron chi connectivity index (χ0n) is 15.2. The highest BCUT2D eigenvalue weighted by Gasteiger charge is 2.36. The van der Waals surface area contributed by atoms with Crippen molar-refractivity contribution in [2.45, 2.75) is 12.1 Å². The van der Waals surface area contributed by atoms with Gasteiger partial charge in [-0.15, -0.1) is 0 Å². The monoisotopic (exact) mass is 448 g/mol. The number of nitrogens with zero attached hydrogens (tertiary/aromatic N) is 2. The van der Waals surface area contributed by atoms with Gasteiger partial charge in [0.05, 0.1) is 10.9 Å². The normalized spacial score (nSPS) is 16.0. The number of hydrogen-bond donors (Lipinski definition) is 2. The van der Waals surface area contributed by atoms with E-state index in [9.17, 15) is 30.7 Å². The molecule has 0 saturated carbocycles. The molecule has 4 rings (SSSR count). The first-order valence-electron chi connectivity index (χ1n) is 8.56. The van der Waals surface area contributed by atoms with E-state index in [1.165, 1.54) is 0 Å². The Morgan fingerprint density at radius 2 is 1.87 bits per heavy atom. The average Bonchev–Trinajstić information content (AvgIpc) is 3.12. The fourth-order valence-corrected chi connectivity index (χ4v) is 2.83. The molecule has 1 aliphatic heterocycles. The Morgan fingerprint density at radius 3 is 2.48 bits per heavy atom. The molecular weight excluding hydrogens is 437 g/mol. The van der Waals surface area contributed by atoms with E-state index >= 15 is 0 Å². The van der Waals surface area contributed by atoms with E-state index in [2.05, 4.69) is 25.0 Å². The SMILES string of the molecule is Fc1cc(NC2=NCC(F)(F)CO2)cc(F)c1Oc1ccnc2[nH]cc(C(F)(F)F)c12. The number of benzene rings is 1. The van der Waals surface area contributed by atoms with Crippen molar-refractivity contribution in [3.05, 3.63) is 47.8 Å². The summed E-state index contributed by atoms with van der Waals surface area (Å²) in [6.07, 6.45) is -2.99. The Morgan fingerprint density at radius 1 is 1.16 bits per heavy atom. The zero-order chi connectivity index (χ0) is 22.4. The summed E-state index contributed by atoms with van der Waals surface area (Å²) in [4.78, 5) is 9.49. The predicted molar refractivity (Wildman–Crippen MR) is 94.4 cm³/mol. The molecule has 3 aromatic rings. The van der Waals surface area contributed by atoms with Crippen molar-refractivity contribution in [2.75, 3.05) is 18.5 Å². The lowest BCUT2D eigenvalue weighted by Crippen LogP contribution is -2.36. The molecule has 2 aromatic heterocycles. The molecule has 31 heavy (non-hydrogen) atoms. The van der Waals surface area contributed by atoms with Gasteiger partial charge < -0.3 is 19.8 Å². The third-order valence-electron chi connectivity index (χ3n) is 4.18. The summed E-state index contributed by atoms with van der Waals surface area (Å²) in [6.45, 7) is -1.82. The fraction of sp³-hybridized carbons (Fsp3) is 0.222. The summed E-state index contributed by atoms with van der Waals surface area (Å²) in [6, 6.07) is 2.16. The number of nitrogens with one attached hydrogen (secondary N) is 2. The van der Waals surface area contributed by atoms with Crippen LogP contribution in [0, 0.1) is 11.6 Å². The number of aromatic amines is 1. The van der Waals surface area contributed by atoms with Crippen LogP contribution in [0.1, 0.15) is 5.56 Å². The van der Waals surface area contributed by atoms with E-state index in [1.54, 1.807) is 0 Å². The van der Waals surface area contributed by atoms with Gasteiger partial charge in [-0.05, 0) is 6.07 Å². The molecule has 13 heteroatoms. The maximum Gasteiger partial charge on any atom is 0.418 e. The summed E-state index contributed by atoms with van der Waals surface area (Å²) in [5.74, 6) is -7.12. The van der Waals surface area contributed by atoms with Gasteiger partial charge >= 0.3 is 12.1 Å². The van der Waals surface area contributed by atoms with Crippen LogP contribution in [0.5, 0.6) is 11.5 Å². The molecule has 6 nitrogen and oxygen atoms in total. The van der Waals surface area contributed by atoms with Crippen molar-refractivity contribution in [1.29, 1.82) is 0 Å². The predicted octanol–water partition coefficient (Wildman–Crippen LogP) is 5.09. The number of alkyl halides is 5. The number of aliphatic imine (C=N–C) groups is 1. The molecule has 164 valence electrons. The zero-order valence-corrected chi connectivity index (χ0v) is 15.2. The molecule has 0 unspecified atom stereocenters. The number of anilines is 1. The van der Waals surface area contributed by atoms with Crippen LogP contribution in [0.2, 0.25) is 0 Å². The molecule has 0 radical (unpaired) electrons. The minimum Gasteiger partial charge on any atom is -0.459 e. The average molecular weight is 448 g/mol. The van der Waals surface area contributed by atoms with Crippen LogP contribution in [0.4, 0.5) is 36.4 Å². The lowest BCUT2D eigenvalue weighted by Gasteiger charge is -2.22. The molecule has 2 N–H and O–H groups in total. The van der Waals surface area contributed by atoms with Crippen LogP contribution in [0.15, 0.2) is 35.6 Å². The van der Waals surface area contributed by atoms with Crippen molar-refractivity contribution in [1.82, 2.24) is 9.97 Å². The number of aromatic nitrogens is 2. The van der Waals surface area contributed by atoms with Crippen LogP contribution >= 0.6 is 0 Å². The molecule has 0 aliphatic carbocycles. The number of hydrogen-bond acceptors (Lipinski definition) is 5. The summed E-state index contributed by atoms with van der Waals surface area (Å²) < 4.78 is 104. The number of amidine groups is 1. The van der Waals surface area contributed by atoms with E-state index in [-0.39, 0.29) is 17.4 Å². The minimum absolute atomic E-state index is 0.187. The van der Waals surface area contributed by atoms with Gasteiger partial charge in [-0.2, -0.15) is 13.2 Å². The Hall–Kier alpha value is -3.51. The van der Waals surface area contributed by atoms with Gasteiger partial charge in [-0.25, -0.2) is 27.5 Å². The number of rotatable bonds is 3. The first-order valence-corrected chi connectivity index (χ1v) is 8.56. The topological polar surface area (TPSA) is 71.5 Å². The van der Waals surface area contributed by atoms with E-state index in [1.807, 2.05) is 0 Å². The second kappa shape index (κ2) is 7.32. The molecule has 0 atom stereocenters. The van der Waals surface area contributed by atoms with Crippen molar-refractivity contribution in [2.24, 2.45) is 4.99 Å². The standard InChI is InChI=1S/C18H11F7N4O2/c19-10-3-8(29-16-28-6-17(21,22)7-30-16)4-11(20)14(10)31-12-1-2-26-15-13(12)9(5-27-15)18(23,24)25/h1-5H,6-7H2,(H,26,27)(H,28,29). The Balaban J connectivity index is 1.63. The molecule has 0 bridgehead atoms. The smallest absolute Gasteiger partial charge is 0.418 e. The fourth-order valence-electron chi connectivity index (χ4n) is 2.83. The number of pyridine rings is 1. The molecule has 0 amide bonds. The van der Waals surface area contributed by atoms with E-state index in [0.717, 1.165) is 24.4 Å². The van der Waals surface area contributed by atoms with Crippen LogP contribution in [-0.4, -0.2) is 35.1 Å². The third kappa shape index (κ3) is 4.20. The number of H-pyrrole nitrogens is 1. The van der Waals surface area contributed by atoms with Crippen LogP contribution in [0.3, 0.4) is 0 Å². The van der Waals surface area contributed by atoms with Gasteiger partial charge in [-0.1, -0.05) is 0 Å². The minimum atomic E-state index is -4.76. The molecule has 1 aliphatic rings. The summed E-state index contributed by atoms with van der Waals surface area (Å²) >= 11 is 0. The summed E-state index contributed by atoms with van der Waals surface area (Å²) in [5.41, 5.74) is -1.54. The van der Waals surface area contributed by atoms with Crippen molar-refractivity contribution < 1.29 is 40.2 Å². The first kappa shape index (κ1) is 20.8. The van der Waals surface area contributed by atoms with E-state index in [0.29, 0.717) is 6.20 Å². The number of fused-ring (bicyclic) bond motifs is 1. The molecule has 0 fully saturated rings. The maximum atomic E-state index is 14.5. The number of ether oxygens (including phenoxy) is 2. The van der Waals surface area contributed by atoms with Crippen molar-refractivity contribution >= 4 is 22.7 Å². The maximum absolute atomic E-state index is 14.5. The lowest BCUT2D eigenvalue weighted by molar-refractivity contribution is -0.136. The highest BCUT2D eigenvalue weighted by atomic mass is 19.4. The van der Waals surface area contributed by atoms with Crippen LogP contribution in [-0.2, 0) is 10.9 Å². The van der Waals surface area contributed by atoms with Gasteiger partial charge in [-0.3, -0.25) is 0 Å². The lowest BCUT2D eigenvalue weighted by atomic mass is 10.2. The van der Waals surface area contributed by atoms with Crippen LogP contribution < -0.4 is 10.1 Å². The molecule has 0 saturated heterocycles. The van der Waals surface area contributed by atoms with Gasteiger partial charge in [0.2, 0.25) is 0 Å². The summed E-state index contributed by atoms with van der Waals surface area (Å²) in [5, 5.41) is 1.84. The first-order chi connectivity index (χ1) is 14.5. The Kier molecular flexibility index (Phi) is 4.90. The highest BCUT2D eigenvalue weighted by Crippen LogP contribution is 2.40. The van der Waals surface area contributed by atoms with Gasteiger partial charge in [0.15, 0.2) is 24.0 Å². The number of halogens is 7. The van der Waals surface area contributed by atoms with Crippen LogP contribution in [0.25, 0.3) is 11.0 Å².